The van der Waals surface area contributed by atoms with Gasteiger partial charge in [-0.1, -0.05) is 39.3 Å². The lowest BCUT2D eigenvalue weighted by Crippen LogP contribution is -2.41. The molecule has 0 saturated carbocycles. The Balaban J connectivity index is 2.15. The van der Waals surface area contributed by atoms with Gasteiger partial charge in [-0.3, -0.25) is 4.90 Å². The zero-order chi connectivity index (χ0) is 14.4. The number of aryl methyl sites for hydroxylation is 1. The van der Waals surface area contributed by atoms with Gasteiger partial charge >= 0.3 is 0 Å². The van der Waals surface area contributed by atoms with Crippen LogP contribution in [0.2, 0.25) is 0 Å². The van der Waals surface area contributed by atoms with Crippen molar-refractivity contribution in [2.75, 3.05) is 18.8 Å². The maximum absolute atomic E-state index is 2.72. The van der Waals surface area contributed by atoms with Gasteiger partial charge in [0, 0.05) is 16.7 Å². The maximum atomic E-state index is 2.72. The summed E-state index contributed by atoms with van der Waals surface area (Å²) in [5.41, 5.74) is 3.24. The summed E-state index contributed by atoms with van der Waals surface area (Å²) in [6, 6.07) is 7.65. The van der Waals surface area contributed by atoms with Crippen LogP contribution in [0.3, 0.4) is 0 Å². The fourth-order valence-electron chi connectivity index (χ4n) is 3.25. The highest BCUT2D eigenvalue weighted by atomic mass is 32.2. The summed E-state index contributed by atoms with van der Waals surface area (Å²) in [5, 5.41) is 0. The summed E-state index contributed by atoms with van der Waals surface area (Å²) >= 11 is 2.08. The molecule has 20 heavy (non-hydrogen) atoms. The van der Waals surface area contributed by atoms with E-state index in [1.165, 1.54) is 50.9 Å². The molecule has 1 aliphatic rings. The van der Waals surface area contributed by atoms with Crippen LogP contribution in [0, 0.1) is 0 Å². The fourth-order valence-corrected chi connectivity index (χ4v) is 4.51. The van der Waals surface area contributed by atoms with Crippen molar-refractivity contribution in [3.05, 3.63) is 29.3 Å². The molecular formula is C18H29NS. The second kappa shape index (κ2) is 8.09. The van der Waals surface area contributed by atoms with Crippen LogP contribution in [0.5, 0.6) is 0 Å². The largest absolute Gasteiger partial charge is 0.299 e. The summed E-state index contributed by atoms with van der Waals surface area (Å²) in [7, 11) is 0. The number of thioether (sulfide) groups is 1. The fraction of sp³-hybridized carbons (Fsp3) is 0.667. The lowest BCUT2D eigenvalue weighted by Gasteiger charge is -2.35. The number of hydrogen-bond donors (Lipinski definition) is 0. The molecule has 0 saturated heterocycles. The lowest BCUT2D eigenvalue weighted by atomic mass is 9.96. The van der Waals surface area contributed by atoms with Gasteiger partial charge in [0.15, 0.2) is 0 Å². The van der Waals surface area contributed by atoms with Gasteiger partial charge in [-0.15, -0.1) is 11.8 Å². The van der Waals surface area contributed by atoms with Gasteiger partial charge in [-0.25, -0.2) is 0 Å². The number of rotatable bonds is 7. The summed E-state index contributed by atoms with van der Waals surface area (Å²) < 4.78 is 0. The third kappa shape index (κ3) is 3.79. The molecule has 1 unspecified atom stereocenters. The Kier molecular flexibility index (Phi) is 6.44. The number of nitrogens with zero attached hydrogens (tertiary/aromatic N) is 1. The van der Waals surface area contributed by atoms with Crippen molar-refractivity contribution < 1.29 is 0 Å². The van der Waals surface area contributed by atoms with E-state index in [1.54, 1.807) is 16.0 Å². The average molecular weight is 292 g/mol. The van der Waals surface area contributed by atoms with E-state index in [2.05, 4.69) is 55.6 Å². The summed E-state index contributed by atoms with van der Waals surface area (Å²) in [4.78, 5) is 4.26. The van der Waals surface area contributed by atoms with Crippen molar-refractivity contribution in [1.29, 1.82) is 0 Å². The topological polar surface area (TPSA) is 3.24 Å². The normalized spacial score (nSPS) is 18.3. The summed E-state index contributed by atoms with van der Waals surface area (Å²) in [6.45, 7) is 9.40. The molecule has 0 radical (unpaired) electrons. The Hall–Kier alpha value is -0.470. The average Bonchev–Trinajstić information content (AvgIpc) is 2.47. The second-order valence-corrected chi connectivity index (χ2v) is 6.91. The first-order valence-electron chi connectivity index (χ1n) is 8.27. The molecule has 2 rings (SSSR count). The monoisotopic (exact) mass is 291 g/mol. The minimum absolute atomic E-state index is 0.741. The molecule has 2 heteroatoms. The lowest BCUT2D eigenvalue weighted by molar-refractivity contribution is 0.209. The molecule has 0 aliphatic carbocycles. The van der Waals surface area contributed by atoms with E-state index in [9.17, 15) is 0 Å². The van der Waals surface area contributed by atoms with E-state index in [0.717, 1.165) is 6.04 Å². The Morgan fingerprint density at radius 1 is 1.10 bits per heavy atom. The molecule has 1 aromatic carbocycles. The first-order valence-corrected chi connectivity index (χ1v) is 9.26. The molecule has 1 aromatic rings. The van der Waals surface area contributed by atoms with E-state index >= 15 is 0 Å². The minimum atomic E-state index is 0.741. The van der Waals surface area contributed by atoms with Gasteiger partial charge in [0.2, 0.25) is 0 Å². The van der Waals surface area contributed by atoms with Gasteiger partial charge in [0.05, 0.1) is 0 Å². The van der Waals surface area contributed by atoms with Gasteiger partial charge in [-0.05, 0) is 56.0 Å². The van der Waals surface area contributed by atoms with Gasteiger partial charge in [0.25, 0.3) is 0 Å². The van der Waals surface area contributed by atoms with Crippen molar-refractivity contribution in [3.8, 4) is 0 Å². The van der Waals surface area contributed by atoms with Crippen molar-refractivity contribution in [2.45, 2.75) is 63.8 Å². The molecule has 1 heterocycles. The number of hydrogen-bond acceptors (Lipinski definition) is 2. The minimum Gasteiger partial charge on any atom is -0.299 e. The first-order chi connectivity index (χ1) is 9.80. The van der Waals surface area contributed by atoms with Crippen LogP contribution in [0.4, 0.5) is 0 Å². The Labute approximate surface area is 129 Å². The van der Waals surface area contributed by atoms with Crippen LogP contribution in [0.1, 0.15) is 51.2 Å². The molecule has 0 fully saturated rings. The Bertz CT molecular complexity index is 410. The van der Waals surface area contributed by atoms with Gasteiger partial charge < -0.3 is 0 Å². The SMILES string of the molecule is CCCc1cccc2c1CC(N(CCC)CCC)CS2. The van der Waals surface area contributed by atoms with Crippen molar-refractivity contribution >= 4 is 11.8 Å². The third-order valence-corrected chi connectivity index (χ3v) is 5.40. The molecule has 0 aromatic heterocycles. The van der Waals surface area contributed by atoms with Crippen molar-refractivity contribution in [1.82, 2.24) is 4.90 Å². The van der Waals surface area contributed by atoms with Crippen LogP contribution in [0.25, 0.3) is 0 Å². The smallest absolute Gasteiger partial charge is 0.0230 e. The van der Waals surface area contributed by atoms with Crippen LogP contribution in [-0.2, 0) is 12.8 Å². The molecule has 0 N–H and O–H groups in total. The van der Waals surface area contributed by atoms with Crippen LogP contribution < -0.4 is 0 Å². The van der Waals surface area contributed by atoms with Gasteiger partial charge in [-0.2, -0.15) is 0 Å². The van der Waals surface area contributed by atoms with Gasteiger partial charge in [0.1, 0.15) is 0 Å². The maximum Gasteiger partial charge on any atom is 0.0230 e. The molecular weight excluding hydrogens is 262 g/mol. The Morgan fingerprint density at radius 3 is 2.50 bits per heavy atom. The zero-order valence-electron chi connectivity index (χ0n) is 13.3. The summed E-state index contributed by atoms with van der Waals surface area (Å²) in [5.74, 6) is 1.27. The van der Waals surface area contributed by atoms with E-state index in [4.69, 9.17) is 0 Å². The summed E-state index contributed by atoms with van der Waals surface area (Å²) in [6.07, 6.45) is 6.28. The second-order valence-electron chi connectivity index (χ2n) is 5.85. The zero-order valence-corrected chi connectivity index (χ0v) is 14.1. The molecule has 1 atom stereocenters. The third-order valence-electron chi connectivity index (χ3n) is 4.16. The molecule has 0 amide bonds. The standard InChI is InChI=1S/C18H29NS/c1-4-8-15-9-7-10-18-17(15)13-16(14-20-18)19(11-5-2)12-6-3/h7,9-10,16H,4-6,8,11-14H2,1-3H3. The van der Waals surface area contributed by atoms with Crippen LogP contribution in [0.15, 0.2) is 23.1 Å². The molecule has 1 nitrogen and oxygen atoms in total. The highest BCUT2D eigenvalue weighted by molar-refractivity contribution is 7.99. The highest BCUT2D eigenvalue weighted by Crippen LogP contribution is 2.34. The van der Waals surface area contributed by atoms with E-state index in [0.29, 0.717) is 0 Å². The molecule has 112 valence electrons. The molecule has 0 bridgehead atoms. The van der Waals surface area contributed by atoms with E-state index in [-0.39, 0.29) is 0 Å². The van der Waals surface area contributed by atoms with E-state index < -0.39 is 0 Å². The van der Waals surface area contributed by atoms with E-state index in [1.807, 2.05) is 0 Å². The quantitative estimate of drug-likeness (QED) is 0.711. The predicted molar refractivity (Wildman–Crippen MR) is 90.8 cm³/mol. The molecule has 0 spiro atoms. The number of fused-ring (bicyclic) bond motifs is 1. The number of benzene rings is 1. The van der Waals surface area contributed by atoms with Crippen LogP contribution >= 0.6 is 11.8 Å². The van der Waals surface area contributed by atoms with Crippen LogP contribution in [-0.4, -0.2) is 29.8 Å². The Morgan fingerprint density at radius 2 is 1.85 bits per heavy atom. The first kappa shape index (κ1) is 15.9. The van der Waals surface area contributed by atoms with Crippen molar-refractivity contribution in [2.24, 2.45) is 0 Å². The highest BCUT2D eigenvalue weighted by Gasteiger charge is 2.25. The molecule has 1 aliphatic heterocycles. The van der Waals surface area contributed by atoms with Crippen molar-refractivity contribution in [3.63, 3.8) is 0 Å². The predicted octanol–water partition coefficient (Wildman–Crippen LogP) is 4.78.